The first-order valence-corrected chi connectivity index (χ1v) is 6.80. The molecule has 106 valence electrons. The van der Waals surface area contributed by atoms with Gasteiger partial charge >= 0.3 is 0 Å². The number of hydrogen-bond donors (Lipinski definition) is 2. The van der Waals surface area contributed by atoms with E-state index in [1.54, 1.807) is 25.5 Å². The van der Waals surface area contributed by atoms with Gasteiger partial charge in [-0.25, -0.2) is 9.37 Å². The summed E-state index contributed by atoms with van der Waals surface area (Å²) in [6.45, 7) is 2.45. The van der Waals surface area contributed by atoms with Crippen molar-refractivity contribution in [2.24, 2.45) is 0 Å². The van der Waals surface area contributed by atoms with Gasteiger partial charge in [0.05, 0.1) is 18.2 Å². The molecule has 3 aromatic rings. The van der Waals surface area contributed by atoms with Gasteiger partial charge in [0.1, 0.15) is 5.82 Å². The van der Waals surface area contributed by atoms with Gasteiger partial charge in [-0.05, 0) is 41.8 Å². The van der Waals surface area contributed by atoms with Crippen LogP contribution in [0.5, 0.6) is 0 Å². The Labute approximate surface area is 122 Å². The van der Waals surface area contributed by atoms with Crippen molar-refractivity contribution in [1.82, 2.24) is 9.97 Å². The van der Waals surface area contributed by atoms with Gasteiger partial charge in [-0.1, -0.05) is 24.3 Å². The lowest BCUT2D eigenvalue weighted by Crippen LogP contribution is -2.00. The van der Waals surface area contributed by atoms with E-state index in [1.807, 2.05) is 30.3 Å². The number of benzene rings is 2. The molecule has 21 heavy (non-hydrogen) atoms. The fourth-order valence-corrected chi connectivity index (χ4v) is 2.20. The van der Waals surface area contributed by atoms with Crippen molar-refractivity contribution < 1.29 is 4.39 Å². The van der Waals surface area contributed by atoms with E-state index in [4.69, 9.17) is 0 Å². The van der Waals surface area contributed by atoms with E-state index in [9.17, 15) is 4.39 Å². The zero-order chi connectivity index (χ0) is 14.7. The van der Waals surface area contributed by atoms with Gasteiger partial charge in [0.25, 0.3) is 0 Å². The first-order chi connectivity index (χ1) is 10.2. The van der Waals surface area contributed by atoms with Crippen molar-refractivity contribution in [1.29, 1.82) is 0 Å². The molecular weight excluding hydrogens is 265 g/mol. The largest absolute Gasteiger partial charge is 0.381 e. The number of nitrogens with one attached hydrogen (secondary N) is 2. The van der Waals surface area contributed by atoms with Crippen LogP contribution in [0.2, 0.25) is 0 Å². The normalized spacial score (nSPS) is 10.6. The van der Waals surface area contributed by atoms with Gasteiger partial charge in [-0.15, -0.1) is 0 Å². The molecule has 3 rings (SSSR count). The van der Waals surface area contributed by atoms with Crippen molar-refractivity contribution in [2.45, 2.75) is 13.5 Å². The summed E-state index contributed by atoms with van der Waals surface area (Å²) in [5.41, 5.74) is 4.85. The average Bonchev–Trinajstić information content (AvgIpc) is 3.03. The molecule has 0 aliphatic carbocycles. The lowest BCUT2D eigenvalue weighted by molar-refractivity contribution is 0.617. The van der Waals surface area contributed by atoms with Crippen molar-refractivity contribution in [3.8, 4) is 11.3 Å². The topological polar surface area (TPSA) is 40.7 Å². The molecule has 1 heterocycles. The number of halogens is 1. The quantitative estimate of drug-likeness (QED) is 0.754. The highest BCUT2D eigenvalue weighted by Crippen LogP contribution is 2.19. The molecule has 4 heteroatoms. The maximum atomic E-state index is 13.2. The molecule has 0 fully saturated rings. The third kappa shape index (κ3) is 3.11. The third-order valence-corrected chi connectivity index (χ3v) is 3.41. The fraction of sp³-hybridized carbons (Fsp3) is 0.118. The summed E-state index contributed by atoms with van der Waals surface area (Å²) in [6, 6.07) is 13.3. The minimum absolute atomic E-state index is 0.164. The van der Waals surface area contributed by atoms with Gasteiger partial charge < -0.3 is 10.3 Å². The summed E-state index contributed by atoms with van der Waals surface area (Å²) in [7, 11) is 0. The predicted molar refractivity (Wildman–Crippen MR) is 82.5 cm³/mol. The molecule has 0 radical (unpaired) electrons. The molecule has 0 amide bonds. The first kappa shape index (κ1) is 13.4. The molecule has 3 nitrogen and oxygen atoms in total. The standard InChI is InChI=1S/C17H16FN3/c1-12-8-13(2-7-16(12)18)9-20-15-5-3-14(4-6-15)17-10-19-11-21-17/h2-8,10-11,20H,9H2,1H3,(H,19,21). The number of nitrogens with zero attached hydrogens (tertiary/aromatic N) is 1. The molecule has 0 unspecified atom stereocenters. The Hall–Kier alpha value is -2.62. The van der Waals surface area contributed by atoms with Crippen molar-refractivity contribution in [3.05, 3.63) is 71.9 Å². The van der Waals surface area contributed by atoms with E-state index < -0.39 is 0 Å². The van der Waals surface area contributed by atoms with Crippen LogP contribution in [0.3, 0.4) is 0 Å². The second-order valence-electron chi connectivity index (χ2n) is 4.98. The summed E-state index contributed by atoms with van der Waals surface area (Å²) in [4.78, 5) is 7.09. The van der Waals surface area contributed by atoms with Crippen LogP contribution in [0.25, 0.3) is 11.3 Å². The zero-order valence-corrected chi connectivity index (χ0v) is 11.7. The molecule has 0 saturated heterocycles. The highest BCUT2D eigenvalue weighted by Gasteiger charge is 2.01. The zero-order valence-electron chi connectivity index (χ0n) is 11.7. The summed E-state index contributed by atoms with van der Waals surface area (Å²) in [5, 5.41) is 3.33. The minimum Gasteiger partial charge on any atom is -0.381 e. The predicted octanol–water partition coefficient (Wildman–Crippen LogP) is 4.14. The van der Waals surface area contributed by atoms with E-state index in [-0.39, 0.29) is 5.82 Å². The molecule has 0 aliphatic rings. The fourth-order valence-electron chi connectivity index (χ4n) is 2.20. The second kappa shape index (κ2) is 5.79. The van der Waals surface area contributed by atoms with Gasteiger partial charge in [0.2, 0.25) is 0 Å². The molecule has 0 saturated carbocycles. The van der Waals surface area contributed by atoms with E-state index in [0.717, 1.165) is 22.5 Å². The van der Waals surface area contributed by atoms with E-state index in [0.29, 0.717) is 12.1 Å². The van der Waals surface area contributed by atoms with Crippen LogP contribution in [-0.2, 0) is 6.54 Å². The maximum absolute atomic E-state index is 13.2. The summed E-state index contributed by atoms with van der Waals surface area (Å²) >= 11 is 0. The highest BCUT2D eigenvalue weighted by molar-refractivity contribution is 5.61. The molecule has 0 aliphatic heterocycles. The number of aromatic amines is 1. The number of aryl methyl sites for hydroxylation is 1. The Morgan fingerprint density at radius 3 is 2.62 bits per heavy atom. The summed E-state index contributed by atoms with van der Waals surface area (Å²) < 4.78 is 13.2. The van der Waals surface area contributed by atoms with Crippen molar-refractivity contribution >= 4 is 5.69 Å². The number of H-pyrrole nitrogens is 1. The molecule has 0 bridgehead atoms. The second-order valence-corrected chi connectivity index (χ2v) is 4.98. The molecule has 0 atom stereocenters. The molecule has 0 spiro atoms. The molecular formula is C17H16FN3. The number of aromatic nitrogens is 2. The Kier molecular flexibility index (Phi) is 3.69. The van der Waals surface area contributed by atoms with Gasteiger partial charge in [0.15, 0.2) is 0 Å². The van der Waals surface area contributed by atoms with Crippen LogP contribution < -0.4 is 5.32 Å². The number of hydrogen-bond acceptors (Lipinski definition) is 2. The van der Waals surface area contributed by atoms with Crippen LogP contribution in [0.15, 0.2) is 55.0 Å². The Bertz CT molecular complexity index is 718. The molecule has 2 aromatic carbocycles. The summed E-state index contributed by atoms with van der Waals surface area (Å²) in [5.74, 6) is -0.164. The van der Waals surface area contributed by atoms with Crippen LogP contribution in [0.4, 0.5) is 10.1 Å². The Morgan fingerprint density at radius 2 is 1.95 bits per heavy atom. The van der Waals surface area contributed by atoms with Crippen LogP contribution in [0, 0.1) is 12.7 Å². The van der Waals surface area contributed by atoms with E-state index in [1.165, 1.54) is 6.07 Å². The van der Waals surface area contributed by atoms with Crippen molar-refractivity contribution in [3.63, 3.8) is 0 Å². The van der Waals surface area contributed by atoms with E-state index >= 15 is 0 Å². The van der Waals surface area contributed by atoms with Gasteiger partial charge in [-0.2, -0.15) is 0 Å². The number of anilines is 1. The van der Waals surface area contributed by atoms with Crippen LogP contribution >= 0.6 is 0 Å². The number of rotatable bonds is 4. The van der Waals surface area contributed by atoms with Crippen LogP contribution in [-0.4, -0.2) is 9.97 Å². The van der Waals surface area contributed by atoms with Gasteiger partial charge in [-0.3, -0.25) is 0 Å². The minimum atomic E-state index is -0.164. The average molecular weight is 281 g/mol. The van der Waals surface area contributed by atoms with Gasteiger partial charge in [0, 0.05) is 12.2 Å². The van der Waals surface area contributed by atoms with Crippen LogP contribution in [0.1, 0.15) is 11.1 Å². The smallest absolute Gasteiger partial charge is 0.126 e. The maximum Gasteiger partial charge on any atom is 0.126 e. The highest BCUT2D eigenvalue weighted by atomic mass is 19.1. The SMILES string of the molecule is Cc1cc(CNc2ccc(-c3cnc[nH]3)cc2)ccc1F. The monoisotopic (exact) mass is 281 g/mol. The number of imidazole rings is 1. The first-order valence-electron chi connectivity index (χ1n) is 6.80. The molecule has 2 N–H and O–H groups in total. The Balaban J connectivity index is 1.66. The van der Waals surface area contributed by atoms with E-state index in [2.05, 4.69) is 15.3 Å². The molecule has 1 aromatic heterocycles. The summed E-state index contributed by atoms with van der Waals surface area (Å²) in [6.07, 6.45) is 3.46. The third-order valence-electron chi connectivity index (χ3n) is 3.41. The Morgan fingerprint density at radius 1 is 1.14 bits per heavy atom. The van der Waals surface area contributed by atoms with Crippen molar-refractivity contribution in [2.75, 3.05) is 5.32 Å². The lowest BCUT2D eigenvalue weighted by atomic mass is 10.1. The lowest BCUT2D eigenvalue weighted by Gasteiger charge is -2.08.